The Hall–Kier alpha value is -1.55. The second kappa shape index (κ2) is 3.31. The molecule has 0 fully saturated rings. The van der Waals surface area contributed by atoms with Crippen LogP contribution in [0.3, 0.4) is 0 Å². The number of hydrogen-bond donors (Lipinski definition) is 1. The van der Waals surface area contributed by atoms with Crippen molar-refractivity contribution in [2.45, 2.75) is 6.54 Å². The van der Waals surface area contributed by atoms with Crippen molar-refractivity contribution < 1.29 is 9.90 Å². The summed E-state index contributed by atoms with van der Waals surface area (Å²) in [6.07, 6.45) is 1.50. The topological polar surface area (TPSA) is 55.1 Å². The second-order valence-corrected chi connectivity index (χ2v) is 3.34. The molecule has 1 aromatic heterocycles. The Morgan fingerprint density at radius 1 is 1.57 bits per heavy atom. The molecule has 0 aliphatic heterocycles. The van der Waals surface area contributed by atoms with Crippen molar-refractivity contribution in [1.82, 2.24) is 9.55 Å². The number of aromatic nitrogens is 2. The fraction of sp³-hybridized carbons (Fsp3) is 0.111. The quantitative estimate of drug-likeness (QED) is 0.822. The predicted octanol–water partition coefficient (Wildman–Crippen LogP) is 1.77. The van der Waals surface area contributed by atoms with Crippen molar-refractivity contribution in [2.24, 2.45) is 0 Å². The fourth-order valence-corrected chi connectivity index (χ4v) is 1.48. The Bertz CT molecular complexity index is 493. The van der Waals surface area contributed by atoms with Crippen LogP contribution in [0.5, 0.6) is 0 Å². The van der Waals surface area contributed by atoms with Crippen molar-refractivity contribution in [1.29, 1.82) is 0 Å². The third-order valence-electron chi connectivity index (χ3n) is 1.89. The van der Waals surface area contributed by atoms with Gasteiger partial charge in [-0.15, -0.1) is 0 Å². The molecule has 2 rings (SSSR count). The standard InChI is InChI=1S/C9H7ClN2O2/c10-6-1-2-8-7(3-6)11-5-12(8)4-9(13)14/h1-3,5H,4H2,(H,13,14). The minimum Gasteiger partial charge on any atom is -0.480 e. The first kappa shape index (κ1) is 9.02. The van der Waals surface area contributed by atoms with E-state index in [9.17, 15) is 4.79 Å². The summed E-state index contributed by atoms with van der Waals surface area (Å²) in [7, 11) is 0. The summed E-state index contributed by atoms with van der Waals surface area (Å²) in [5.41, 5.74) is 1.48. The molecule has 0 bridgehead atoms. The summed E-state index contributed by atoms with van der Waals surface area (Å²) in [6, 6.07) is 5.17. The van der Waals surface area contributed by atoms with E-state index >= 15 is 0 Å². The first-order chi connectivity index (χ1) is 6.66. The summed E-state index contributed by atoms with van der Waals surface area (Å²) in [5, 5.41) is 9.22. The number of nitrogens with zero attached hydrogens (tertiary/aromatic N) is 2. The summed E-state index contributed by atoms with van der Waals surface area (Å²) in [6.45, 7) is -0.0852. The Morgan fingerprint density at radius 3 is 3.07 bits per heavy atom. The van der Waals surface area contributed by atoms with Crippen molar-refractivity contribution in [3.05, 3.63) is 29.5 Å². The molecule has 0 amide bonds. The highest BCUT2D eigenvalue weighted by Crippen LogP contribution is 2.17. The van der Waals surface area contributed by atoms with E-state index in [1.807, 2.05) is 0 Å². The lowest BCUT2D eigenvalue weighted by atomic mass is 10.3. The fourth-order valence-electron chi connectivity index (χ4n) is 1.31. The number of halogens is 1. The minimum atomic E-state index is -0.890. The van der Waals surface area contributed by atoms with Crippen LogP contribution in [0.25, 0.3) is 11.0 Å². The van der Waals surface area contributed by atoms with E-state index < -0.39 is 5.97 Å². The lowest BCUT2D eigenvalue weighted by Crippen LogP contribution is -2.07. The molecule has 0 radical (unpaired) electrons. The van der Waals surface area contributed by atoms with Crippen LogP contribution in [0.15, 0.2) is 24.5 Å². The maximum Gasteiger partial charge on any atom is 0.323 e. The molecule has 0 aliphatic carbocycles. The Morgan fingerprint density at radius 2 is 2.36 bits per heavy atom. The number of imidazole rings is 1. The molecule has 4 nitrogen and oxygen atoms in total. The summed E-state index contributed by atoms with van der Waals surface area (Å²) >= 11 is 5.77. The van der Waals surface area contributed by atoms with Gasteiger partial charge in [-0.05, 0) is 18.2 Å². The Kier molecular flexibility index (Phi) is 2.13. The molecule has 0 spiro atoms. The highest BCUT2D eigenvalue weighted by molar-refractivity contribution is 6.31. The molecule has 0 aliphatic rings. The molecule has 0 unspecified atom stereocenters. The average Bonchev–Trinajstić information content (AvgIpc) is 2.47. The SMILES string of the molecule is O=C(O)Cn1cnc2cc(Cl)ccc21. The molecule has 0 saturated heterocycles. The lowest BCUT2D eigenvalue weighted by Gasteiger charge is -1.98. The van der Waals surface area contributed by atoms with E-state index in [0.29, 0.717) is 10.5 Å². The number of carboxylic acid groups (broad SMARTS) is 1. The minimum absolute atomic E-state index is 0.0852. The third kappa shape index (κ3) is 1.56. The van der Waals surface area contributed by atoms with Crippen LogP contribution in [0, 0.1) is 0 Å². The number of hydrogen-bond acceptors (Lipinski definition) is 2. The Labute approximate surface area is 84.7 Å². The first-order valence-corrected chi connectivity index (χ1v) is 4.37. The highest BCUT2D eigenvalue weighted by atomic mass is 35.5. The number of rotatable bonds is 2. The highest BCUT2D eigenvalue weighted by Gasteiger charge is 2.05. The number of carboxylic acids is 1. The first-order valence-electron chi connectivity index (χ1n) is 3.99. The van der Waals surface area contributed by atoms with Crippen LogP contribution in [-0.2, 0) is 11.3 Å². The number of fused-ring (bicyclic) bond motifs is 1. The van der Waals surface area contributed by atoms with E-state index in [1.165, 1.54) is 6.33 Å². The van der Waals surface area contributed by atoms with Crippen molar-refractivity contribution in [2.75, 3.05) is 0 Å². The molecule has 2 aromatic rings. The zero-order valence-corrected chi connectivity index (χ0v) is 7.90. The molecule has 14 heavy (non-hydrogen) atoms. The van der Waals surface area contributed by atoms with Crippen molar-refractivity contribution in [3.8, 4) is 0 Å². The van der Waals surface area contributed by atoms with Crippen LogP contribution < -0.4 is 0 Å². The van der Waals surface area contributed by atoms with Gasteiger partial charge in [0.25, 0.3) is 0 Å². The molecule has 5 heteroatoms. The predicted molar refractivity (Wildman–Crippen MR) is 52.4 cm³/mol. The monoisotopic (exact) mass is 210 g/mol. The normalized spacial score (nSPS) is 10.6. The third-order valence-corrected chi connectivity index (χ3v) is 2.12. The van der Waals surface area contributed by atoms with Gasteiger partial charge in [-0.1, -0.05) is 11.6 Å². The van der Waals surface area contributed by atoms with Gasteiger partial charge in [-0.3, -0.25) is 4.79 Å². The van der Waals surface area contributed by atoms with Crippen LogP contribution in [-0.4, -0.2) is 20.6 Å². The van der Waals surface area contributed by atoms with Gasteiger partial charge in [0.15, 0.2) is 0 Å². The maximum atomic E-state index is 10.5. The van der Waals surface area contributed by atoms with Crippen LogP contribution in [0.1, 0.15) is 0 Å². The molecular formula is C9H7ClN2O2. The van der Waals surface area contributed by atoms with Gasteiger partial charge in [0.1, 0.15) is 6.54 Å². The summed E-state index contributed by atoms with van der Waals surface area (Å²) in [4.78, 5) is 14.6. The van der Waals surface area contributed by atoms with E-state index in [-0.39, 0.29) is 6.54 Å². The van der Waals surface area contributed by atoms with Gasteiger partial charge < -0.3 is 9.67 Å². The molecule has 0 atom stereocenters. The van der Waals surface area contributed by atoms with Gasteiger partial charge in [-0.2, -0.15) is 0 Å². The number of benzene rings is 1. The zero-order valence-electron chi connectivity index (χ0n) is 7.14. The number of carbonyl (C=O) groups is 1. The van der Waals surface area contributed by atoms with Gasteiger partial charge in [-0.25, -0.2) is 4.98 Å². The molecule has 72 valence electrons. The van der Waals surface area contributed by atoms with E-state index in [4.69, 9.17) is 16.7 Å². The van der Waals surface area contributed by atoms with E-state index in [2.05, 4.69) is 4.98 Å². The molecule has 1 heterocycles. The maximum absolute atomic E-state index is 10.5. The number of aliphatic carboxylic acids is 1. The Balaban J connectivity index is 2.52. The van der Waals surface area contributed by atoms with Gasteiger partial charge in [0.2, 0.25) is 0 Å². The summed E-state index contributed by atoms with van der Waals surface area (Å²) < 4.78 is 1.56. The van der Waals surface area contributed by atoms with E-state index in [0.717, 1.165) is 5.52 Å². The van der Waals surface area contributed by atoms with Gasteiger partial charge in [0.05, 0.1) is 17.4 Å². The van der Waals surface area contributed by atoms with Crippen molar-refractivity contribution >= 4 is 28.6 Å². The van der Waals surface area contributed by atoms with Crippen LogP contribution >= 0.6 is 11.6 Å². The average molecular weight is 211 g/mol. The zero-order chi connectivity index (χ0) is 10.1. The second-order valence-electron chi connectivity index (χ2n) is 2.90. The largest absolute Gasteiger partial charge is 0.480 e. The van der Waals surface area contributed by atoms with Gasteiger partial charge >= 0.3 is 5.97 Å². The summed E-state index contributed by atoms with van der Waals surface area (Å²) in [5.74, 6) is -0.890. The molecular weight excluding hydrogens is 204 g/mol. The van der Waals surface area contributed by atoms with Crippen LogP contribution in [0.2, 0.25) is 5.02 Å². The van der Waals surface area contributed by atoms with E-state index in [1.54, 1.807) is 22.8 Å². The molecule has 0 saturated carbocycles. The van der Waals surface area contributed by atoms with Gasteiger partial charge in [0, 0.05) is 5.02 Å². The van der Waals surface area contributed by atoms with Crippen LogP contribution in [0.4, 0.5) is 0 Å². The molecule has 1 N–H and O–H groups in total. The van der Waals surface area contributed by atoms with Crippen molar-refractivity contribution in [3.63, 3.8) is 0 Å². The smallest absolute Gasteiger partial charge is 0.323 e. The molecule has 1 aromatic carbocycles. The lowest BCUT2D eigenvalue weighted by molar-refractivity contribution is -0.137.